The fourth-order valence-electron chi connectivity index (χ4n) is 3.77. The van der Waals surface area contributed by atoms with Gasteiger partial charge in [0.05, 0.1) is 12.2 Å². The topological polar surface area (TPSA) is 77.6 Å². The molecular weight excluding hydrogens is 400 g/mol. The standard InChI is InChI=1S/C22H21ClN6O/c1-14-21-18(16-4-5-16)8-10-24-22(21)29(26-14)13-20(30)25-19-9-11-28(27-19)12-15-2-6-17(23)7-3-15/h2-3,6-11,16H,4-5,12-13H2,1H3,(H,25,27,30). The van der Waals surface area contributed by atoms with Crippen LogP contribution in [-0.4, -0.2) is 30.5 Å². The molecule has 0 spiro atoms. The third-order valence-electron chi connectivity index (χ3n) is 5.32. The summed E-state index contributed by atoms with van der Waals surface area (Å²) in [5.74, 6) is 0.925. The number of hydrogen-bond donors (Lipinski definition) is 1. The minimum absolute atomic E-state index is 0.0928. The first-order valence-corrected chi connectivity index (χ1v) is 10.3. The van der Waals surface area contributed by atoms with E-state index in [1.807, 2.05) is 43.6 Å². The van der Waals surface area contributed by atoms with Crippen LogP contribution in [0.1, 0.15) is 35.6 Å². The van der Waals surface area contributed by atoms with Gasteiger partial charge in [-0.3, -0.25) is 9.48 Å². The molecule has 0 bridgehead atoms. The highest BCUT2D eigenvalue weighted by Gasteiger charge is 2.27. The van der Waals surface area contributed by atoms with Gasteiger partial charge in [-0.15, -0.1) is 0 Å². The summed E-state index contributed by atoms with van der Waals surface area (Å²) in [5, 5.41) is 13.6. The van der Waals surface area contributed by atoms with Gasteiger partial charge in [-0.1, -0.05) is 23.7 Å². The Morgan fingerprint density at radius 2 is 1.97 bits per heavy atom. The predicted molar refractivity (Wildman–Crippen MR) is 116 cm³/mol. The van der Waals surface area contributed by atoms with E-state index < -0.39 is 0 Å². The van der Waals surface area contributed by atoms with E-state index >= 15 is 0 Å². The lowest BCUT2D eigenvalue weighted by Crippen LogP contribution is -2.20. The van der Waals surface area contributed by atoms with Crippen molar-refractivity contribution in [2.75, 3.05) is 5.32 Å². The molecule has 8 heteroatoms. The van der Waals surface area contributed by atoms with E-state index in [0.717, 1.165) is 22.3 Å². The van der Waals surface area contributed by atoms with Crippen molar-refractivity contribution in [1.29, 1.82) is 0 Å². The van der Waals surface area contributed by atoms with E-state index in [1.54, 1.807) is 15.4 Å². The van der Waals surface area contributed by atoms with Crippen LogP contribution in [0, 0.1) is 6.92 Å². The lowest BCUT2D eigenvalue weighted by molar-refractivity contribution is -0.116. The molecule has 5 rings (SSSR count). The van der Waals surface area contributed by atoms with Crippen LogP contribution in [-0.2, 0) is 17.9 Å². The molecule has 0 radical (unpaired) electrons. The summed E-state index contributed by atoms with van der Waals surface area (Å²) in [6.45, 7) is 2.67. The van der Waals surface area contributed by atoms with Crippen LogP contribution in [0.15, 0.2) is 48.8 Å². The Labute approximate surface area is 178 Å². The summed E-state index contributed by atoms with van der Waals surface area (Å²) < 4.78 is 3.45. The Hall–Kier alpha value is -3.19. The first-order valence-electron chi connectivity index (χ1n) is 9.96. The van der Waals surface area contributed by atoms with Gasteiger partial charge >= 0.3 is 0 Å². The van der Waals surface area contributed by atoms with Crippen LogP contribution in [0.2, 0.25) is 5.02 Å². The minimum atomic E-state index is -0.185. The van der Waals surface area contributed by atoms with Crippen LogP contribution in [0.25, 0.3) is 11.0 Å². The van der Waals surface area contributed by atoms with Crippen molar-refractivity contribution < 1.29 is 4.79 Å². The first kappa shape index (κ1) is 18.8. The lowest BCUT2D eigenvalue weighted by atomic mass is 10.1. The molecule has 7 nitrogen and oxygen atoms in total. The van der Waals surface area contributed by atoms with Gasteiger partial charge in [-0.2, -0.15) is 10.2 Å². The zero-order valence-corrected chi connectivity index (χ0v) is 17.3. The molecule has 0 saturated heterocycles. The van der Waals surface area contributed by atoms with Crippen LogP contribution >= 0.6 is 11.6 Å². The summed E-state index contributed by atoms with van der Waals surface area (Å²) in [6, 6.07) is 11.5. The summed E-state index contributed by atoms with van der Waals surface area (Å²) in [7, 11) is 0. The number of rotatable bonds is 6. The minimum Gasteiger partial charge on any atom is -0.308 e. The Bertz CT molecular complexity index is 1220. The maximum absolute atomic E-state index is 12.6. The number of fused-ring (bicyclic) bond motifs is 1. The van der Waals surface area contributed by atoms with Gasteiger partial charge in [0.2, 0.25) is 5.91 Å². The highest BCUT2D eigenvalue weighted by Crippen LogP contribution is 2.43. The number of aryl methyl sites for hydroxylation is 1. The Balaban J connectivity index is 1.28. The molecule has 4 aromatic rings. The average Bonchev–Trinajstić information content (AvgIpc) is 3.42. The van der Waals surface area contributed by atoms with Crippen LogP contribution in [0.5, 0.6) is 0 Å². The second kappa shape index (κ2) is 7.57. The molecule has 1 N–H and O–H groups in total. The predicted octanol–water partition coefficient (Wildman–Crippen LogP) is 4.15. The van der Waals surface area contributed by atoms with Crippen molar-refractivity contribution >= 4 is 34.4 Å². The highest BCUT2D eigenvalue weighted by molar-refractivity contribution is 6.30. The molecular formula is C22H21ClN6O. The van der Waals surface area contributed by atoms with Crippen molar-refractivity contribution in [3.63, 3.8) is 0 Å². The van der Waals surface area contributed by atoms with Crippen molar-refractivity contribution in [3.05, 3.63) is 70.6 Å². The normalized spacial score (nSPS) is 13.7. The van der Waals surface area contributed by atoms with Crippen molar-refractivity contribution in [2.24, 2.45) is 0 Å². The van der Waals surface area contributed by atoms with Gasteiger partial charge in [0.1, 0.15) is 6.54 Å². The molecule has 0 atom stereocenters. The smallest absolute Gasteiger partial charge is 0.247 e. The molecule has 3 heterocycles. The number of amides is 1. The monoisotopic (exact) mass is 420 g/mol. The number of aromatic nitrogens is 5. The third kappa shape index (κ3) is 3.80. The summed E-state index contributed by atoms with van der Waals surface area (Å²) in [4.78, 5) is 17.1. The number of nitrogens with one attached hydrogen (secondary N) is 1. The molecule has 1 amide bonds. The summed E-state index contributed by atoms with van der Waals surface area (Å²) in [5.41, 5.74) is 4.06. The van der Waals surface area contributed by atoms with Gasteiger partial charge < -0.3 is 5.32 Å². The van der Waals surface area contributed by atoms with Gasteiger partial charge in [0, 0.05) is 28.9 Å². The fourth-order valence-corrected chi connectivity index (χ4v) is 3.89. The van der Waals surface area contributed by atoms with Crippen molar-refractivity contribution in [1.82, 2.24) is 24.5 Å². The van der Waals surface area contributed by atoms with E-state index in [9.17, 15) is 4.79 Å². The van der Waals surface area contributed by atoms with E-state index in [0.29, 0.717) is 23.3 Å². The first-order chi connectivity index (χ1) is 14.6. The molecule has 1 aromatic carbocycles. The SMILES string of the molecule is Cc1nn(CC(=O)Nc2ccn(Cc3ccc(Cl)cc3)n2)c2nccc(C3CC3)c12. The number of nitrogens with zero attached hydrogens (tertiary/aromatic N) is 5. The van der Waals surface area contributed by atoms with Crippen molar-refractivity contribution in [2.45, 2.75) is 38.8 Å². The second-order valence-electron chi connectivity index (χ2n) is 7.69. The van der Waals surface area contributed by atoms with Gasteiger partial charge in [0.25, 0.3) is 0 Å². The Morgan fingerprint density at radius 1 is 1.17 bits per heavy atom. The zero-order chi connectivity index (χ0) is 20.7. The molecule has 0 unspecified atom stereocenters. The van der Waals surface area contributed by atoms with E-state index in [2.05, 4.69) is 26.6 Å². The molecule has 3 aromatic heterocycles. The number of halogens is 1. The average molecular weight is 421 g/mol. The maximum Gasteiger partial charge on any atom is 0.247 e. The number of hydrogen-bond acceptors (Lipinski definition) is 4. The lowest BCUT2D eigenvalue weighted by Gasteiger charge is -2.05. The molecule has 1 aliphatic rings. The van der Waals surface area contributed by atoms with Crippen LogP contribution in [0.4, 0.5) is 5.82 Å². The molecule has 1 saturated carbocycles. The quantitative estimate of drug-likeness (QED) is 0.508. The molecule has 1 fully saturated rings. The van der Waals surface area contributed by atoms with Crippen LogP contribution < -0.4 is 5.32 Å². The summed E-state index contributed by atoms with van der Waals surface area (Å²) in [6.07, 6.45) is 6.07. The molecule has 0 aliphatic heterocycles. The van der Waals surface area contributed by atoms with Gasteiger partial charge in [-0.05, 0) is 55.0 Å². The van der Waals surface area contributed by atoms with E-state index in [-0.39, 0.29) is 12.5 Å². The van der Waals surface area contributed by atoms with Crippen molar-refractivity contribution in [3.8, 4) is 0 Å². The third-order valence-corrected chi connectivity index (χ3v) is 5.57. The Kier molecular flexibility index (Phi) is 4.75. The zero-order valence-electron chi connectivity index (χ0n) is 16.5. The second-order valence-corrected chi connectivity index (χ2v) is 8.13. The highest BCUT2D eigenvalue weighted by atomic mass is 35.5. The largest absolute Gasteiger partial charge is 0.308 e. The molecule has 30 heavy (non-hydrogen) atoms. The molecule has 152 valence electrons. The maximum atomic E-state index is 12.6. The molecule has 1 aliphatic carbocycles. The van der Waals surface area contributed by atoms with Crippen LogP contribution in [0.3, 0.4) is 0 Å². The van der Waals surface area contributed by atoms with E-state index in [1.165, 1.54) is 18.4 Å². The number of pyridine rings is 1. The Morgan fingerprint density at radius 3 is 2.73 bits per heavy atom. The number of carbonyl (C=O) groups is 1. The fraction of sp³-hybridized carbons (Fsp3) is 0.273. The number of anilines is 1. The van der Waals surface area contributed by atoms with Gasteiger partial charge in [0.15, 0.2) is 11.5 Å². The van der Waals surface area contributed by atoms with Gasteiger partial charge in [-0.25, -0.2) is 9.67 Å². The van der Waals surface area contributed by atoms with E-state index in [4.69, 9.17) is 11.6 Å². The number of carbonyl (C=O) groups excluding carboxylic acids is 1. The summed E-state index contributed by atoms with van der Waals surface area (Å²) >= 11 is 5.93. The number of benzene rings is 1.